The molecule has 9 nitrogen and oxygen atoms in total. The summed E-state index contributed by atoms with van der Waals surface area (Å²) < 4.78 is 32.7. The molecule has 0 aromatic rings. The highest BCUT2D eigenvalue weighted by molar-refractivity contribution is 7.47. The highest BCUT2D eigenvalue weighted by Crippen LogP contribution is 2.43. The van der Waals surface area contributed by atoms with Crippen LogP contribution in [-0.4, -0.2) is 49.3 Å². The minimum atomic E-state index is -4.37. The van der Waals surface area contributed by atoms with Crippen LogP contribution in [0.25, 0.3) is 0 Å². The number of unbranched alkanes of at least 4 members (excludes halogenated alkanes) is 22. The Morgan fingerprint density at radius 1 is 0.569 bits per heavy atom. The number of esters is 2. The Bertz CT molecular complexity index is 897. The van der Waals surface area contributed by atoms with Crippen molar-refractivity contribution in [2.24, 2.45) is 5.73 Å². The molecule has 0 saturated carbocycles. The number of rotatable bonds is 39. The fourth-order valence-electron chi connectivity index (χ4n) is 5.67. The van der Waals surface area contributed by atoms with Gasteiger partial charge in [0, 0.05) is 19.4 Å². The maximum Gasteiger partial charge on any atom is 0.472 e. The third-order valence-corrected chi connectivity index (χ3v) is 9.79. The third kappa shape index (κ3) is 38.0. The number of phosphoric acid groups is 1. The topological polar surface area (TPSA) is 134 Å². The van der Waals surface area contributed by atoms with Crippen LogP contribution in [0.4, 0.5) is 0 Å². The zero-order valence-corrected chi connectivity index (χ0v) is 33.7. The summed E-state index contributed by atoms with van der Waals surface area (Å²) >= 11 is 0. The van der Waals surface area contributed by atoms with Gasteiger partial charge in [0.05, 0.1) is 13.2 Å². The number of phosphoric ester groups is 1. The van der Waals surface area contributed by atoms with E-state index in [-0.39, 0.29) is 38.6 Å². The molecule has 0 aromatic carbocycles. The SMILES string of the molecule is CCCCC=CCCCCCCCC(=O)OC(COC(=O)CCCCCCCCCCCC=CCCCCCCCC)COP(=O)(O)OCCN. The van der Waals surface area contributed by atoms with Crippen molar-refractivity contribution in [3.63, 3.8) is 0 Å². The predicted octanol–water partition coefficient (Wildman–Crippen LogP) is 11.6. The number of hydrogen-bond donors (Lipinski definition) is 2. The second kappa shape index (κ2) is 38.2. The largest absolute Gasteiger partial charge is 0.472 e. The van der Waals surface area contributed by atoms with E-state index in [0.29, 0.717) is 6.42 Å². The summed E-state index contributed by atoms with van der Waals surface area (Å²) in [6.45, 7) is 3.68. The fraction of sp³-hybridized carbons (Fsp3) is 0.854. The Morgan fingerprint density at radius 3 is 1.45 bits per heavy atom. The monoisotopic (exact) mass is 744 g/mol. The van der Waals surface area contributed by atoms with Gasteiger partial charge in [-0.25, -0.2) is 4.57 Å². The van der Waals surface area contributed by atoms with Gasteiger partial charge in [-0.05, 0) is 57.8 Å². The van der Waals surface area contributed by atoms with Gasteiger partial charge in [0.25, 0.3) is 0 Å². The Hall–Kier alpha value is -1.51. The van der Waals surface area contributed by atoms with Crippen molar-refractivity contribution in [2.45, 2.75) is 200 Å². The molecule has 0 spiro atoms. The lowest BCUT2D eigenvalue weighted by Crippen LogP contribution is -2.29. The molecule has 3 N–H and O–H groups in total. The van der Waals surface area contributed by atoms with E-state index >= 15 is 0 Å². The molecule has 0 saturated heterocycles. The molecule has 0 aliphatic rings. The van der Waals surface area contributed by atoms with Crippen molar-refractivity contribution in [2.75, 3.05) is 26.4 Å². The Balaban J connectivity index is 4.11. The van der Waals surface area contributed by atoms with E-state index < -0.39 is 26.5 Å². The number of carbonyl (C=O) groups excluding carboxylic acids is 2. The van der Waals surface area contributed by atoms with Crippen LogP contribution in [0, 0.1) is 0 Å². The molecule has 0 aromatic heterocycles. The fourth-order valence-corrected chi connectivity index (χ4v) is 6.43. The lowest BCUT2D eigenvalue weighted by molar-refractivity contribution is -0.161. The minimum absolute atomic E-state index is 0.0527. The third-order valence-electron chi connectivity index (χ3n) is 8.81. The van der Waals surface area contributed by atoms with Gasteiger partial charge in [-0.2, -0.15) is 0 Å². The first-order valence-corrected chi connectivity index (χ1v) is 22.3. The van der Waals surface area contributed by atoms with Crippen molar-refractivity contribution in [1.29, 1.82) is 0 Å². The quantitative estimate of drug-likeness (QED) is 0.0273. The molecule has 51 heavy (non-hydrogen) atoms. The average Bonchev–Trinajstić information content (AvgIpc) is 3.11. The van der Waals surface area contributed by atoms with Gasteiger partial charge in [-0.3, -0.25) is 18.6 Å². The van der Waals surface area contributed by atoms with Crippen LogP contribution in [0.5, 0.6) is 0 Å². The molecule has 2 atom stereocenters. The highest BCUT2D eigenvalue weighted by Gasteiger charge is 2.26. The van der Waals surface area contributed by atoms with Gasteiger partial charge in [0.15, 0.2) is 6.10 Å². The molecule has 300 valence electrons. The minimum Gasteiger partial charge on any atom is -0.462 e. The van der Waals surface area contributed by atoms with E-state index in [2.05, 4.69) is 38.2 Å². The van der Waals surface area contributed by atoms with E-state index in [0.717, 1.165) is 57.8 Å². The summed E-state index contributed by atoms with van der Waals surface area (Å²) in [4.78, 5) is 34.7. The molecule has 0 radical (unpaired) electrons. The summed E-state index contributed by atoms with van der Waals surface area (Å²) in [5, 5.41) is 0. The first-order valence-electron chi connectivity index (χ1n) is 20.8. The van der Waals surface area contributed by atoms with E-state index in [1.165, 1.54) is 103 Å². The van der Waals surface area contributed by atoms with Crippen molar-refractivity contribution in [3.05, 3.63) is 24.3 Å². The van der Waals surface area contributed by atoms with E-state index in [9.17, 15) is 19.0 Å². The molecular formula is C41H78NO8P. The number of ether oxygens (including phenoxy) is 2. The maximum atomic E-state index is 12.5. The highest BCUT2D eigenvalue weighted by atomic mass is 31.2. The lowest BCUT2D eigenvalue weighted by Gasteiger charge is -2.19. The second-order valence-corrected chi connectivity index (χ2v) is 15.3. The molecule has 2 unspecified atom stereocenters. The van der Waals surface area contributed by atoms with Gasteiger partial charge in [0.1, 0.15) is 6.61 Å². The molecule has 0 fully saturated rings. The standard InChI is InChI=1S/C41H78NO8P/c1-3-5-7-9-11-13-15-16-17-18-19-20-21-22-24-25-27-29-31-33-40(43)47-37-39(38-49-51(45,46)48-36-35-42)50-41(44)34-32-30-28-26-23-14-12-10-8-6-4-2/h10,12,16-17,39H,3-9,11,13-15,18-38,42H2,1-2H3,(H,45,46). The normalized spacial score (nSPS) is 13.6. The number of allylic oxidation sites excluding steroid dienone is 4. The smallest absolute Gasteiger partial charge is 0.462 e. The van der Waals surface area contributed by atoms with E-state index in [1.807, 2.05) is 0 Å². The van der Waals surface area contributed by atoms with Gasteiger partial charge < -0.3 is 20.1 Å². The van der Waals surface area contributed by atoms with Crippen LogP contribution >= 0.6 is 7.82 Å². The summed E-state index contributed by atoms with van der Waals surface area (Å²) in [6, 6.07) is 0. The molecule has 0 rings (SSSR count). The van der Waals surface area contributed by atoms with Gasteiger partial charge >= 0.3 is 19.8 Å². The van der Waals surface area contributed by atoms with Crippen LogP contribution in [0.2, 0.25) is 0 Å². The van der Waals surface area contributed by atoms with Crippen LogP contribution in [-0.2, 0) is 32.7 Å². The van der Waals surface area contributed by atoms with Crippen LogP contribution in [0.3, 0.4) is 0 Å². The first kappa shape index (κ1) is 49.5. The number of hydrogen-bond acceptors (Lipinski definition) is 8. The average molecular weight is 744 g/mol. The van der Waals surface area contributed by atoms with Crippen molar-refractivity contribution >= 4 is 19.8 Å². The Morgan fingerprint density at radius 2 is 0.980 bits per heavy atom. The van der Waals surface area contributed by atoms with Crippen LogP contribution in [0.1, 0.15) is 194 Å². The van der Waals surface area contributed by atoms with Gasteiger partial charge in [0.2, 0.25) is 0 Å². The summed E-state index contributed by atoms with van der Waals surface area (Å²) in [5.74, 6) is -0.839. The Labute approximate surface area is 312 Å². The van der Waals surface area contributed by atoms with Gasteiger partial charge in [-0.15, -0.1) is 0 Å². The molecule has 10 heteroatoms. The maximum absolute atomic E-state index is 12.5. The zero-order valence-electron chi connectivity index (χ0n) is 32.8. The van der Waals surface area contributed by atoms with Gasteiger partial charge in [-0.1, -0.05) is 147 Å². The molecule has 0 bridgehead atoms. The molecule has 0 amide bonds. The number of carbonyl (C=O) groups is 2. The first-order chi connectivity index (χ1) is 24.8. The molecule has 0 heterocycles. The number of nitrogens with two attached hydrogens (primary N) is 1. The van der Waals surface area contributed by atoms with Crippen molar-refractivity contribution in [1.82, 2.24) is 0 Å². The summed E-state index contributed by atoms with van der Waals surface area (Å²) in [7, 11) is -4.37. The predicted molar refractivity (Wildman–Crippen MR) is 211 cm³/mol. The molecular weight excluding hydrogens is 665 g/mol. The summed E-state index contributed by atoms with van der Waals surface area (Å²) in [5.41, 5.74) is 5.33. The lowest BCUT2D eigenvalue weighted by atomic mass is 10.1. The van der Waals surface area contributed by atoms with E-state index in [1.54, 1.807) is 0 Å². The summed E-state index contributed by atoms with van der Waals surface area (Å²) in [6.07, 6.45) is 39.3. The van der Waals surface area contributed by atoms with Crippen LogP contribution in [0.15, 0.2) is 24.3 Å². The van der Waals surface area contributed by atoms with E-state index in [4.69, 9.17) is 24.3 Å². The molecule has 0 aliphatic heterocycles. The van der Waals surface area contributed by atoms with Crippen molar-refractivity contribution < 1.29 is 37.6 Å². The Kier molecular flexibility index (Phi) is 37.1. The van der Waals surface area contributed by atoms with Crippen molar-refractivity contribution in [3.8, 4) is 0 Å². The second-order valence-electron chi connectivity index (χ2n) is 13.8. The van der Waals surface area contributed by atoms with Crippen LogP contribution < -0.4 is 5.73 Å². The zero-order chi connectivity index (χ0) is 37.5. The molecule has 0 aliphatic carbocycles.